The molecule has 0 aliphatic heterocycles. The molecule has 0 N–H and O–H groups in total. The van der Waals surface area contributed by atoms with Gasteiger partial charge >= 0.3 is 7.82 Å². The van der Waals surface area contributed by atoms with E-state index in [1.165, 1.54) is 42.3 Å². The van der Waals surface area contributed by atoms with Crippen molar-refractivity contribution in [2.24, 2.45) is 0 Å². The third-order valence-electron chi connectivity index (χ3n) is 3.50. The van der Waals surface area contributed by atoms with Crippen LogP contribution in [0.1, 0.15) is 0 Å². The molecule has 17 heteroatoms. The van der Waals surface area contributed by atoms with Crippen molar-refractivity contribution in [1.82, 2.24) is 14.7 Å². The second kappa shape index (κ2) is 15.3. The number of phosphoric acid groups is 1. The van der Waals surface area contributed by atoms with Crippen LogP contribution in [0, 0.1) is 0 Å². The van der Waals surface area contributed by atoms with Crippen molar-refractivity contribution >= 4 is 95.1 Å². The molecular weight excluding hydrogens is 614 g/mol. The van der Waals surface area contributed by atoms with Crippen LogP contribution >= 0.6 is 77.4 Å². The van der Waals surface area contributed by atoms with Gasteiger partial charge in [-0.3, -0.25) is 14.4 Å². The van der Waals surface area contributed by atoms with E-state index in [1.54, 1.807) is 0 Å². The highest BCUT2D eigenvalue weighted by Crippen LogP contribution is 2.57. The Kier molecular flexibility index (Phi) is 14.9. The molecule has 0 aromatic carbocycles. The number of allylic oxidation sites excluding steroid dienone is 3. The number of carbonyl (C=O) groups excluding carboxylic acids is 3. The van der Waals surface area contributed by atoms with Gasteiger partial charge in [0.15, 0.2) is 0 Å². The first-order chi connectivity index (χ1) is 16.1. The normalized spacial score (nSPS) is 13.6. The van der Waals surface area contributed by atoms with Crippen LogP contribution in [0.4, 0.5) is 0 Å². The minimum atomic E-state index is -5.22. The van der Waals surface area contributed by atoms with Crippen molar-refractivity contribution < 1.29 is 32.5 Å². The van der Waals surface area contributed by atoms with Gasteiger partial charge in [0.05, 0.1) is 32.7 Å². The number of rotatable bonds is 12. The van der Waals surface area contributed by atoms with Gasteiger partial charge in [0.1, 0.15) is 0 Å². The van der Waals surface area contributed by atoms with E-state index < -0.39 is 75.6 Å². The van der Waals surface area contributed by atoms with Crippen LogP contribution in [-0.2, 0) is 32.5 Å². The summed E-state index contributed by atoms with van der Waals surface area (Å²) in [5, 5.41) is -1.17. The van der Waals surface area contributed by atoms with Crippen molar-refractivity contribution in [2.75, 3.05) is 59.9 Å². The van der Waals surface area contributed by atoms with E-state index in [1.807, 2.05) is 0 Å². The second-order valence-electron chi connectivity index (χ2n) is 6.92. The number of alkyl halides is 3. The Morgan fingerprint density at radius 3 is 0.914 bits per heavy atom. The summed E-state index contributed by atoms with van der Waals surface area (Å²) in [5.41, 5.74) is 0. The molecule has 0 atom stereocenters. The molecule has 0 fully saturated rings. The Labute approximate surface area is 233 Å². The fraction of sp³-hybridized carbons (Fsp3) is 0.500. The Hall–Kier alpha value is -1.000. The zero-order chi connectivity index (χ0) is 27.7. The number of phosphoric ester groups is 1. The van der Waals surface area contributed by atoms with Crippen LogP contribution in [0.5, 0.6) is 0 Å². The van der Waals surface area contributed by atoms with E-state index in [9.17, 15) is 18.9 Å². The molecule has 0 aliphatic carbocycles. The maximum absolute atomic E-state index is 13.9. The Balaban J connectivity index is 7.09. The Morgan fingerprint density at radius 1 is 0.571 bits per heavy atom. The first-order valence-corrected chi connectivity index (χ1v) is 13.4. The van der Waals surface area contributed by atoms with Gasteiger partial charge in [0.25, 0.3) is 17.7 Å². The summed E-state index contributed by atoms with van der Waals surface area (Å²) in [4.78, 5) is 41.0. The third-order valence-corrected chi connectivity index (χ3v) is 6.85. The number of likely N-dealkylation sites (N-methyl/N-ethyl adjacent to an activating group) is 3. The van der Waals surface area contributed by atoms with Crippen molar-refractivity contribution in [3.05, 3.63) is 32.4 Å². The summed E-state index contributed by atoms with van der Waals surface area (Å²) in [6.07, 6.45) is 0. The molecule has 0 aromatic rings. The van der Waals surface area contributed by atoms with E-state index in [4.69, 9.17) is 83.2 Å². The molecule has 0 radical (unpaired) electrons. The molecule has 0 heterocycles. The molecule has 3 amide bonds. The number of carbonyl (C=O) groups is 3. The smallest absolute Gasteiger partial charge is 0.379 e. The van der Waals surface area contributed by atoms with Crippen LogP contribution in [0.3, 0.4) is 0 Å². The number of hydrogen-bond acceptors (Lipinski definition) is 7. The topological polar surface area (TPSA) is 106 Å². The number of amides is 3. The van der Waals surface area contributed by atoms with Gasteiger partial charge in [0.2, 0.25) is 17.3 Å². The van der Waals surface area contributed by atoms with Crippen LogP contribution in [0.2, 0.25) is 0 Å². The summed E-state index contributed by atoms with van der Waals surface area (Å²) in [7, 11) is 2.83. The van der Waals surface area contributed by atoms with Crippen molar-refractivity contribution in [3.8, 4) is 0 Å². The molecule has 0 spiro atoms. The van der Waals surface area contributed by atoms with Crippen molar-refractivity contribution in [1.29, 1.82) is 0 Å². The zero-order valence-electron chi connectivity index (χ0n) is 19.5. The molecule has 200 valence electrons. The lowest BCUT2D eigenvalue weighted by molar-refractivity contribution is -0.127. The lowest BCUT2D eigenvalue weighted by Gasteiger charge is -2.25. The quantitative estimate of drug-likeness (QED) is 0.135. The molecule has 35 heavy (non-hydrogen) atoms. The monoisotopic (exact) mass is 635 g/mol. The zero-order valence-corrected chi connectivity index (χ0v) is 25.0. The average Bonchev–Trinajstić information content (AvgIpc) is 2.81. The fourth-order valence-electron chi connectivity index (χ4n) is 1.80. The Bertz CT molecular complexity index is 847. The molecule has 0 aliphatic rings. The van der Waals surface area contributed by atoms with Crippen LogP contribution in [0.15, 0.2) is 32.4 Å². The van der Waals surface area contributed by atoms with Gasteiger partial charge in [-0.05, 0) is 0 Å². The largest absolute Gasteiger partial charge is 0.647 e. The molecular formula is C18H24Cl6N3O7P. The molecule has 0 rings (SSSR count). The standard InChI is InChI=1S/C18H24Cl6N3O7P/c1-25(2)16(28)13(10(22)7-19)32-35(31,33-14(11(23)8-20)17(29)26(3)4)34-15(12(24)9-21)18(30)27(5)6/h7-9H2,1-6H3/b13-10+,14-11+,15-12+. The predicted molar refractivity (Wildman–Crippen MR) is 138 cm³/mol. The summed E-state index contributed by atoms with van der Waals surface area (Å²) >= 11 is 35.3. The summed E-state index contributed by atoms with van der Waals surface area (Å²) in [6, 6.07) is 0. The van der Waals surface area contributed by atoms with Gasteiger partial charge in [-0.1, -0.05) is 34.8 Å². The molecule has 0 aromatic heterocycles. The van der Waals surface area contributed by atoms with Gasteiger partial charge in [0, 0.05) is 42.3 Å². The lowest BCUT2D eigenvalue weighted by atomic mass is 10.4. The minimum absolute atomic E-state index is 0.390. The van der Waals surface area contributed by atoms with E-state index in [-0.39, 0.29) is 0 Å². The third kappa shape index (κ3) is 10.1. The van der Waals surface area contributed by atoms with Gasteiger partial charge in [-0.25, -0.2) is 0 Å². The second-order valence-corrected chi connectivity index (χ2v) is 10.5. The lowest BCUT2D eigenvalue weighted by Crippen LogP contribution is -2.29. The van der Waals surface area contributed by atoms with Gasteiger partial charge in [-0.15, -0.1) is 34.8 Å². The molecule has 0 saturated carbocycles. The summed E-state index contributed by atoms with van der Waals surface area (Å²) < 4.78 is 29.8. The minimum Gasteiger partial charge on any atom is -0.379 e. The molecule has 10 nitrogen and oxygen atoms in total. The van der Waals surface area contributed by atoms with Crippen LogP contribution in [0.25, 0.3) is 0 Å². The first kappa shape index (κ1) is 34.0. The maximum Gasteiger partial charge on any atom is 0.647 e. The highest BCUT2D eigenvalue weighted by atomic mass is 35.5. The predicted octanol–water partition coefficient (Wildman–Crippen LogP) is 4.48. The van der Waals surface area contributed by atoms with E-state index in [2.05, 4.69) is 0 Å². The van der Waals surface area contributed by atoms with Gasteiger partial charge in [-0.2, -0.15) is 4.57 Å². The molecule has 0 unspecified atom stereocenters. The molecule has 0 saturated heterocycles. The SMILES string of the molecule is CN(C)C(=O)/C(OP(=O)(O/C(C(=O)N(C)C)=C(/Cl)CCl)O/C(C(=O)N(C)C)=C(/Cl)CCl)=C(\Cl)CCl. The highest BCUT2D eigenvalue weighted by Gasteiger charge is 2.43. The summed E-state index contributed by atoms with van der Waals surface area (Å²) in [6.45, 7) is 0. The number of nitrogens with zero attached hydrogens (tertiary/aromatic N) is 3. The van der Waals surface area contributed by atoms with E-state index in [0.29, 0.717) is 0 Å². The van der Waals surface area contributed by atoms with Crippen LogP contribution < -0.4 is 0 Å². The maximum atomic E-state index is 13.9. The Morgan fingerprint density at radius 2 is 0.771 bits per heavy atom. The number of halogens is 6. The van der Waals surface area contributed by atoms with Crippen LogP contribution in [-0.4, -0.2) is 92.3 Å². The van der Waals surface area contributed by atoms with E-state index >= 15 is 0 Å². The van der Waals surface area contributed by atoms with Crippen molar-refractivity contribution in [3.63, 3.8) is 0 Å². The molecule has 0 bridgehead atoms. The first-order valence-electron chi connectivity index (χ1n) is 9.24. The van der Waals surface area contributed by atoms with E-state index in [0.717, 1.165) is 14.7 Å². The van der Waals surface area contributed by atoms with Gasteiger partial charge < -0.3 is 28.3 Å². The fourth-order valence-corrected chi connectivity index (χ4v) is 4.03. The number of hydrogen-bond donors (Lipinski definition) is 0. The van der Waals surface area contributed by atoms with Crippen molar-refractivity contribution in [2.45, 2.75) is 0 Å². The average molecular weight is 638 g/mol. The summed E-state index contributed by atoms with van der Waals surface area (Å²) in [5.74, 6) is -6.30. The highest BCUT2D eigenvalue weighted by molar-refractivity contribution is 7.49.